The largest absolute Gasteiger partial charge is 0.482 e. The van der Waals surface area contributed by atoms with Gasteiger partial charge in [0.1, 0.15) is 6.10 Å². The van der Waals surface area contributed by atoms with E-state index in [1.807, 2.05) is 0 Å². The molecule has 122 valence electrons. The van der Waals surface area contributed by atoms with Crippen molar-refractivity contribution in [2.24, 2.45) is 0 Å². The van der Waals surface area contributed by atoms with Gasteiger partial charge in [-0.05, 0) is 19.1 Å². The van der Waals surface area contributed by atoms with Gasteiger partial charge in [0.05, 0.1) is 0 Å². The molecule has 2 aromatic rings. The van der Waals surface area contributed by atoms with Gasteiger partial charge in [-0.1, -0.05) is 12.1 Å². The molecule has 1 aromatic carbocycles. The van der Waals surface area contributed by atoms with Crippen LogP contribution < -0.4 is 14.8 Å². The quantitative estimate of drug-likeness (QED) is 0.880. The van der Waals surface area contributed by atoms with Gasteiger partial charge in [-0.25, -0.2) is 0 Å². The van der Waals surface area contributed by atoms with E-state index < -0.39 is 36.1 Å². The Hall–Kier alpha value is -2.78. The van der Waals surface area contributed by atoms with Crippen molar-refractivity contribution < 1.29 is 27.4 Å². The maximum Gasteiger partial charge on any atom is 0.451 e. The Kier molecular flexibility index (Phi) is 3.58. The van der Waals surface area contributed by atoms with E-state index in [0.717, 1.165) is 0 Å². The van der Waals surface area contributed by atoms with Crippen LogP contribution in [0.25, 0.3) is 0 Å². The highest BCUT2D eigenvalue weighted by Gasteiger charge is 2.37. The van der Waals surface area contributed by atoms with Crippen molar-refractivity contribution in [3.8, 4) is 11.5 Å². The summed E-state index contributed by atoms with van der Waals surface area (Å²) in [4.78, 5) is 15.3. The number of nitrogens with zero attached hydrogens (tertiary/aromatic N) is 2. The molecule has 23 heavy (non-hydrogen) atoms. The maximum atomic E-state index is 12.4. The van der Waals surface area contributed by atoms with Crippen LogP contribution in [0.4, 0.5) is 19.1 Å². The molecule has 0 bridgehead atoms. The second-order valence-corrected chi connectivity index (χ2v) is 4.80. The SMILES string of the molecule is C[C@@H]1Oc2ccccc2O[C@@H]1C(=O)Nc1n[nH]c(C(F)(F)F)n1. The van der Waals surface area contributed by atoms with Crippen molar-refractivity contribution in [2.75, 3.05) is 5.32 Å². The van der Waals surface area contributed by atoms with Crippen LogP contribution >= 0.6 is 0 Å². The number of hydrogen-bond donors (Lipinski definition) is 2. The van der Waals surface area contributed by atoms with E-state index in [4.69, 9.17) is 9.47 Å². The number of amides is 1. The number of ether oxygens (including phenoxy) is 2. The molecule has 1 aliphatic heterocycles. The summed E-state index contributed by atoms with van der Waals surface area (Å²) in [6.45, 7) is 1.61. The summed E-state index contributed by atoms with van der Waals surface area (Å²) >= 11 is 0. The van der Waals surface area contributed by atoms with Crippen LogP contribution in [0.2, 0.25) is 0 Å². The third-order valence-corrected chi connectivity index (χ3v) is 3.09. The molecule has 1 amide bonds. The number of anilines is 1. The molecule has 0 saturated heterocycles. The number of para-hydroxylation sites is 2. The third-order valence-electron chi connectivity index (χ3n) is 3.09. The fourth-order valence-corrected chi connectivity index (χ4v) is 2.03. The van der Waals surface area contributed by atoms with E-state index in [2.05, 4.69) is 15.4 Å². The van der Waals surface area contributed by atoms with Gasteiger partial charge >= 0.3 is 6.18 Å². The number of halogens is 3. The predicted octanol–water partition coefficient (Wildman–Crippen LogP) is 1.99. The van der Waals surface area contributed by atoms with Crippen LogP contribution in [-0.4, -0.2) is 33.3 Å². The summed E-state index contributed by atoms with van der Waals surface area (Å²) < 4.78 is 48.4. The Morgan fingerprint density at radius 3 is 2.52 bits per heavy atom. The first-order valence-electron chi connectivity index (χ1n) is 6.57. The van der Waals surface area contributed by atoms with Crippen molar-refractivity contribution in [2.45, 2.75) is 25.3 Å². The number of fused-ring (bicyclic) bond motifs is 1. The summed E-state index contributed by atoms with van der Waals surface area (Å²) in [5.74, 6) is -1.64. The zero-order chi connectivity index (χ0) is 16.6. The van der Waals surface area contributed by atoms with Crippen molar-refractivity contribution in [3.05, 3.63) is 30.1 Å². The Labute approximate surface area is 127 Å². The Morgan fingerprint density at radius 2 is 1.91 bits per heavy atom. The van der Waals surface area contributed by atoms with Gasteiger partial charge in [0.2, 0.25) is 17.9 Å². The molecule has 0 radical (unpaired) electrons. The molecule has 7 nitrogen and oxygen atoms in total. The molecule has 0 unspecified atom stereocenters. The van der Waals surface area contributed by atoms with E-state index in [-0.39, 0.29) is 0 Å². The zero-order valence-corrected chi connectivity index (χ0v) is 11.7. The molecule has 3 rings (SSSR count). The van der Waals surface area contributed by atoms with Crippen molar-refractivity contribution in [1.29, 1.82) is 0 Å². The molecule has 10 heteroatoms. The first-order chi connectivity index (χ1) is 10.8. The second kappa shape index (κ2) is 5.45. The number of benzene rings is 1. The number of nitrogens with one attached hydrogen (secondary N) is 2. The van der Waals surface area contributed by atoms with Gasteiger partial charge < -0.3 is 9.47 Å². The van der Waals surface area contributed by atoms with Gasteiger partial charge in [-0.3, -0.25) is 15.2 Å². The van der Waals surface area contributed by atoms with Crippen LogP contribution in [0.3, 0.4) is 0 Å². The number of hydrogen-bond acceptors (Lipinski definition) is 5. The lowest BCUT2D eigenvalue weighted by atomic mass is 10.1. The fourth-order valence-electron chi connectivity index (χ4n) is 2.03. The number of carbonyl (C=O) groups excluding carboxylic acids is 1. The molecule has 0 fully saturated rings. The molecule has 2 atom stereocenters. The van der Waals surface area contributed by atoms with E-state index in [1.54, 1.807) is 36.3 Å². The monoisotopic (exact) mass is 328 g/mol. The molecular weight excluding hydrogens is 317 g/mol. The van der Waals surface area contributed by atoms with Gasteiger partial charge in [0.25, 0.3) is 5.91 Å². The van der Waals surface area contributed by atoms with Crippen molar-refractivity contribution in [1.82, 2.24) is 15.2 Å². The molecule has 0 spiro atoms. The van der Waals surface area contributed by atoms with E-state index in [1.165, 1.54) is 0 Å². The average molecular weight is 328 g/mol. The Bertz CT molecular complexity index is 731. The number of rotatable bonds is 2. The average Bonchev–Trinajstić information content (AvgIpc) is 2.95. The lowest BCUT2D eigenvalue weighted by Crippen LogP contribution is -2.46. The number of alkyl halides is 3. The summed E-state index contributed by atoms with van der Waals surface area (Å²) in [6.07, 6.45) is -6.35. The number of aromatic amines is 1. The molecule has 1 aliphatic rings. The zero-order valence-electron chi connectivity index (χ0n) is 11.7. The molecule has 0 saturated carbocycles. The lowest BCUT2D eigenvalue weighted by Gasteiger charge is -2.30. The van der Waals surface area contributed by atoms with Crippen LogP contribution in [0.5, 0.6) is 11.5 Å². The summed E-state index contributed by atoms with van der Waals surface area (Å²) in [5, 5.41) is 7.18. The number of carbonyl (C=O) groups is 1. The highest BCUT2D eigenvalue weighted by atomic mass is 19.4. The van der Waals surface area contributed by atoms with Gasteiger partial charge in [-0.2, -0.15) is 18.2 Å². The summed E-state index contributed by atoms with van der Waals surface area (Å²) in [7, 11) is 0. The van der Waals surface area contributed by atoms with E-state index >= 15 is 0 Å². The van der Waals surface area contributed by atoms with Crippen LogP contribution in [-0.2, 0) is 11.0 Å². The minimum atomic E-state index is -4.67. The molecule has 2 N–H and O–H groups in total. The summed E-state index contributed by atoms with van der Waals surface area (Å²) in [6, 6.07) is 6.76. The van der Waals surface area contributed by atoms with Gasteiger partial charge in [0, 0.05) is 0 Å². The van der Waals surface area contributed by atoms with Crippen molar-refractivity contribution >= 4 is 11.9 Å². The number of H-pyrrole nitrogens is 1. The third kappa shape index (κ3) is 3.05. The highest BCUT2D eigenvalue weighted by molar-refractivity contribution is 5.93. The minimum Gasteiger partial charge on any atom is -0.482 e. The number of aromatic nitrogens is 3. The lowest BCUT2D eigenvalue weighted by molar-refractivity contribution is -0.144. The minimum absolute atomic E-state index is 0.372. The van der Waals surface area contributed by atoms with Gasteiger partial charge in [-0.15, -0.1) is 5.10 Å². The van der Waals surface area contributed by atoms with Crippen LogP contribution in [0, 0.1) is 0 Å². The fraction of sp³-hybridized carbons (Fsp3) is 0.308. The predicted molar refractivity (Wildman–Crippen MR) is 71.0 cm³/mol. The second-order valence-electron chi connectivity index (χ2n) is 4.80. The van der Waals surface area contributed by atoms with Crippen molar-refractivity contribution in [3.63, 3.8) is 0 Å². The molecular formula is C13H11F3N4O3. The first-order valence-corrected chi connectivity index (χ1v) is 6.57. The standard InChI is InChI=1S/C13H11F3N4O3/c1-6-9(23-8-5-3-2-4-7(8)22-6)10(21)17-12-18-11(19-20-12)13(14,15)16/h2-6,9H,1H3,(H2,17,18,19,20,21)/t6-,9-/m0/s1. The topological polar surface area (TPSA) is 89.1 Å². The highest BCUT2D eigenvalue weighted by Crippen LogP contribution is 2.33. The molecule has 1 aromatic heterocycles. The van der Waals surface area contributed by atoms with E-state index in [9.17, 15) is 18.0 Å². The molecule has 2 heterocycles. The van der Waals surface area contributed by atoms with Crippen LogP contribution in [0.1, 0.15) is 12.7 Å². The van der Waals surface area contributed by atoms with E-state index in [0.29, 0.717) is 11.5 Å². The Balaban J connectivity index is 1.72. The maximum absolute atomic E-state index is 12.4. The first kappa shape index (κ1) is 15.1. The Morgan fingerprint density at radius 1 is 1.26 bits per heavy atom. The van der Waals surface area contributed by atoms with Crippen LogP contribution in [0.15, 0.2) is 24.3 Å². The smallest absolute Gasteiger partial charge is 0.451 e. The normalized spacial score (nSPS) is 20.2. The molecule has 0 aliphatic carbocycles. The summed E-state index contributed by atoms with van der Waals surface area (Å²) in [5.41, 5.74) is 0. The van der Waals surface area contributed by atoms with Gasteiger partial charge in [0.15, 0.2) is 11.5 Å².